The molecule has 0 fully saturated rings. The summed E-state index contributed by atoms with van der Waals surface area (Å²) in [6.07, 6.45) is 0. The standard InChI is InChI=1S/C17H18N2O2S/c1-11(2)12-4-6-13(7-5-12)19-17(20)18-15-10-14(21-3)8-9-16(15)22-19/h4-11H,1-3H3,(H,18,20). The molecule has 0 bridgehead atoms. The van der Waals surface area contributed by atoms with Gasteiger partial charge in [0.05, 0.1) is 23.4 Å². The van der Waals surface area contributed by atoms with Crippen molar-refractivity contribution in [2.45, 2.75) is 24.7 Å². The topological polar surface area (TPSA) is 41.6 Å². The van der Waals surface area contributed by atoms with Crippen LogP contribution in [0.5, 0.6) is 5.75 Å². The van der Waals surface area contributed by atoms with Gasteiger partial charge in [0.1, 0.15) is 5.75 Å². The predicted molar refractivity (Wildman–Crippen MR) is 90.9 cm³/mol. The van der Waals surface area contributed by atoms with Crippen LogP contribution in [0.1, 0.15) is 25.3 Å². The van der Waals surface area contributed by atoms with E-state index in [4.69, 9.17) is 4.74 Å². The van der Waals surface area contributed by atoms with E-state index in [-0.39, 0.29) is 6.03 Å². The van der Waals surface area contributed by atoms with Crippen LogP contribution < -0.4 is 14.4 Å². The highest BCUT2D eigenvalue weighted by atomic mass is 32.2. The first-order valence-corrected chi connectivity index (χ1v) is 7.93. The fourth-order valence-corrected chi connectivity index (χ4v) is 3.17. The average Bonchev–Trinajstić information content (AvgIpc) is 2.53. The van der Waals surface area contributed by atoms with Gasteiger partial charge in [0.25, 0.3) is 0 Å². The maximum atomic E-state index is 12.3. The lowest BCUT2D eigenvalue weighted by Gasteiger charge is -2.28. The molecule has 1 heterocycles. The molecule has 0 radical (unpaired) electrons. The van der Waals surface area contributed by atoms with Crippen molar-refractivity contribution in [2.75, 3.05) is 16.7 Å². The van der Waals surface area contributed by atoms with Gasteiger partial charge in [0, 0.05) is 6.07 Å². The van der Waals surface area contributed by atoms with E-state index in [1.54, 1.807) is 11.4 Å². The third kappa shape index (κ3) is 2.76. The molecule has 0 aromatic heterocycles. The van der Waals surface area contributed by atoms with Crippen molar-refractivity contribution >= 4 is 29.4 Å². The van der Waals surface area contributed by atoms with Crippen LogP contribution in [-0.2, 0) is 0 Å². The van der Waals surface area contributed by atoms with E-state index >= 15 is 0 Å². The normalized spacial score (nSPS) is 13.8. The number of hydrogen-bond acceptors (Lipinski definition) is 3. The molecule has 5 heteroatoms. The summed E-state index contributed by atoms with van der Waals surface area (Å²) in [5.74, 6) is 1.21. The predicted octanol–water partition coefficient (Wildman–Crippen LogP) is 4.88. The summed E-state index contributed by atoms with van der Waals surface area (Å²) in [7, 11) is 1.61. The molecule has 0 unspecified atom stereocenters. The number of amides is 2. The van der Waals surface area contributed by atoms with Gasteiger partial charge < -0.3 is 10.1 Å². The summed E-state index contributed by atoms with van der Waals surface area (Å²) in [4.78, 5) is 13.3. The Morgan fingerprint density at radius 3 is 2.50 bits per heavy atom. The number of rotatable bonds is 3. The second-order valence-electron chi connectivity index (χ2n) is 5.42. The van der Waals surface area contributed by atoms with E-state index in [1.807, 2.05) is 30.3 Å². The van der Waals surface area contributed by atoms with Crippen LogP contribution in [0.2, 0.25) is 0 Å². The zero-order chi connectivity index (χ0) is 15.7. The molecule has 0 spiro atoms. The Kier molecular flexibility index (Phi) is 3.98. The highest BCUT2D eigenvalue weighted by Gasteiger charge is 2.25. The molecule has 114 valence electrons. The van der Waals surface area contributed by atoms with Gasteiger partial charge in [-0.15, -0.1) is 0 Å². The van der Waals surface area contributed by atoms with Gasteiger partial charge >= 0.3 is 6.03 Å². The smallest absolute Gasteiger partial charge is 0.336 e. The Labute approximate surface area is 134 Å². The molecule has 1 N–H and O–H groups in total. The van der Waals surface area contributed by atoms with E-state index in [2.05, 4.69) is 31.3 Å². The van der Waals surface area contributed by atoms with Gasteiger partial charge in [-0.1, -0.05) is 26.0 Å². The number of nitrogens with zero attached hydrogens (tertiary/aromatic N) is 1. The van der Waals surface area contributed by atoms with Crippen LogP contribution in [0, 0.1) is 0 Å². The summed E-state index contributed by atoms with van der Waals surface area (Å²) in [5, 5.41) is 2.91. The molecule has 1 aliphatic heterocycles. The number of anilines is 2. The first-order chi connectivity index (χ1) is 10.6. The highest BCUT2D eigenvalue weighted by molar-refractivity contribution is 8.01. The van der Waals surface area contributed by atoms with Crippen LogP contribution in [0.15, 0.2) is 47.4 Å². The van der Waals surface area contributed by atoms with Crippen LogP contribution >= 0.6 is 11.9 Å². The lowest BCUT2D eigenvalue weighted by molar-refractivity contribution is 0.260. The summed E-state index contributed by atoms with van der Waals surface area (Å²) in [6, 6.07) is 13.6. The SMILES string of the molecule is COc1ccc2c(c1)NC(=O)N(c1ccc(C(C)C)cc1)S2. The number of carbonyl (C=O) groups is 1. The van der Waals surface area contributed by atoms with Crippen molar-refractivity contribution < 1.29 is 9.53 Å². The van der Waals surface area contributed by atoms with E-state index in [0.717, 1.165) is 22.0 Å². The molecule has 0 saturated heterocycles. The monoisotopic (exact) mass is 314 g/mol. The van der Waals surface area contributed by atoms with Crippen molar-refractivity contribution in [1.29, 1.82) is 0 Å². The second-order valence-corrected chi connectivity index (χ2v) is 6.41. The van der Waals surface area contributed by atoms with Crippen molar-refractivity contribution in [1.82, 2.24) is 0 Å². The molecule has 0 atom stereocenters. The first-order valence-electron chi connectivity index (χ1n) is 7.15. The maximum Gasteiger partial charge on any atom is 0.336 e. The number of methoxy groups -OCH3 is 1. The number of urea groups is 1. The van der Waals surface area contributed by atoms with Gasteiger partial charge in [0.15, 0.2) is 0 Å². The Hall–Kier alpha value is -2.14. The van der Waals surface area contributed by atoms with Crippen LogP contribution in [-0.4, -0.2) is 13.1 Å². The van der Waals surface area contributed by atoms with Crippen molar-refractivity contribution in [3.8, 4) is 5.75 Å². The van der Waals surface area contributed by atoms with E-state index in [9.17, 15) is 4.79 Å². The average molecular weight is 314 g/mol. The molecular weight excluding hydrogens is 296 g/mol. The fourth-order valence-electron chi connectivity index (χ4n) is 2.28. The zero-order valence-corrected chi connectivity index (χ0v) is 13.6. The summed E-state index contributed by atoms with van der Waals surface area (Å²) >= 11 is 1.42. The molecular formula is C17H18N2O2S. The minimum Gasteiger partial charge on any atom is -0.497 e. The van der Waals surface area contributed by atoms with Gasteiger partial charge in [-0.05, 0) is 47.7 Å². The minimum absolute atomic E-state index is 0.150. The largest absolute Gasteiger partial charge is 0.497 e. The number of nitrogens with one attached hydrogen (secondary N) is 1. The number of ether oxygens (including phenoxy) is 1. The molecule has 0 aliphatic carbocycles. The Morgan fingerprint density at radius 1 is 1.14 bits per heavy atom. The molecule has 2 aromatic rings. The molecule has 3 rings (SSSR count). The molecule has 2 amide bonds. The third-order valence-corrected chi connectivity index (χ3v) is 4.71. The molecule has 0 saturated carbocycles. The van der Waals surface area contributed by atoms with Gasteiger partial charge in [-0.2, -0.15) is 0 Å². The number of benzene rings is 2. The Morgan fingerprint density at radius 2 is 1.86 bits per heavy atom. The number of carbonyl (C=O) groups excluding carboxylic acids is 1. The number of fused-ring (bicyclic) bond motifs is 1. The number of hydrogen-bond donors (Lipinski definition) is 1. The molecule has 2 aromatic carbocycles. The van der Waals surface area contributed by atoms with Gasteiger partial charge in [0.2, 0.25) is 0 Å². The molecule has 4 nitrogen and oxygen atoms in total. The summed E-state index contributed by atoms with van der Waals surface area (Å²) < 4.78 is 6.85. The Bertz CT molecular complexity index is 698. The van der Waals surface area contributed by atoms with Crippen molar-refractivity contribution in [2.24, 2.45) is 0 Å². The van der Waals surface area contributed by atoms with E-state index < -0.39 is 0 Å². The minimum atomic E-state index is -0.150. The Balaban J connectivity index is 1.88. The van der Waals surface area contributed by atoms with Gasteiger partial charge in [-0.3, -0.25) is 0 Å². The van der Waals surface area contributed by atoms with E-state index in [1.165, 1.54) is 17.5 Å². The first kappa shape index (κ1) is 14.8. The summed E-state index contributed by atoms with van der Waals surface area (Å²) in [6.45, 7) is 4.31. The van der Waals surface area contributed by atoms with Crippen molar-refractivity contribution in [3.05, 3.63) is 48.0 Å². The molecule has 1 aliphatic rings. The molecule has 22 heavy (non-hydrogen) atoms. The van der Waals surface area contributed by atoms with E-state index in [0.29, 0.717) is 5.92 Å². The lowest BCUT2D eigenvalue weighted by atomic mass is 10.0. The van der Waals surface area contributed by atoms with Crippen LogP contribution in [0.25, 0.3) is 0 Å². The fraction of sp³-hybridized carbons (Fsp3) is 0.235. The lowest BCUT2D eigenvalue weighted by Crippen LogP contribution is -2.32. The highest BCUT2D eigenvalue weighted by Crippen LogP contribution is 2.40. The zero-order valence-electron chi connectivity index (χ0n) is 12.8. The van der Waals surface area contributed by atoms with Crippen LogP contribution in [0.3, 0.4) is 0 Å². The van der Waals surface area contributed by atoms with Gasteiger partial charge in [-0.25, -0.2) is 9.10 Å². The maximum absolute atomic E-state index is 12.3. The third-order valence-electron chi connectivity index (χ3n) is 3.60. The summed E-state index contributed by atoms with van der Waals surface area (Å²) in [5.41, 5.74) is 2.91. The second kappa shape index (κ2) is 5.93. The quantitative estimate of drug-likeness (QED) is 0.821. The van der Waals surface area contributed by atoms with Crippen molar-refractivity contribution in [3.63, 3.8) is 0 Å². The van der Waals surface area contributed by atoms with Crippen LogP contribution in [0.4, 0.5) is 16.2 Å².